The van der Waals surface area contributed by atoms with Crippen molar-refractivity contribution in [2.45, 2.75) is 25.7 Å². The highest BCUT2D eigenvalue weighted by molar-refractivity contribution is 5.35. The second-order valence-corrected chi connectivity index (χ2v) is 7.68. The lowest BCUT2D eigenvalue weighted by Crippen LogP contribution is -2.32. The molecule has 0 saturated heterocycles. The predicted molar refractivity (Wildman–Crippen MR) is 121 cm³/mol. The van der Waals surface area contributed by atoms with Gasteiger partial charge in [0, 0.05) is 13.1 Å². The number of rotatable bonds is 10. The number of benzene rings is 3. The number of methoxy groups -OCH3 is 1. The van der Waals surface area contributed by atoms with Crippen molar-refractivity contribution in [1.82, 2.24) is 4.90 Å². The van der Waals surface area contributed by atoms with Gasteiger partial charge in [-0.25, -0.2) is 0 Å². The molecule has 3 aromatic carbocycles. The van der Waals surface area contributed by atoms with Crippen molar-refractivity contribution in [2.24, 2.45) is 0 Å². The number of ether oxygens (including phenoxy) is 2. The van der Waals surface area contributed by atoms with E-state index in [2.05, 4.69) is 42.2 Å². The van der Waals surface area contributed by atoms with Gasteiger partial charge >= 0.3 is 0 Å². The van der Waals surface area contributed by atoms with Crippen molar-refractivity contribution >= 4 is 0 Å². The molecule has 30 heavy (non-hydrogen) atoms. The van der Waals surface area contributed by atoms with Gasteiger partial charge in [-0.1, -0.05) is 66.7 Å². The van der Waals surface area contributed by atoms with Crippen LogP contribution in [-0.2, 0) is 11.3 Å². The summed E-state index contributed by atoms with van der Waals surface area (Å²) < 4.78 is 11.5. The lowest BCUT2D eigenvalue weighted by atomic mass is 9.97. The van der Waals surface area contributed by atoms with Crippen LogP contribution in [0.2, 0.25) is 0 Å². The molecule has 3 rings (SSSR count). The third kappa shape index (κ3) is 6.17. The fourth-order valence-corrected chi connectivity index (χ4v) is 3.64. The van der Waals surface area contributed by atoms with Crippen LogP contribution in [0.3, 0.4) is 0 Å². The first-order valence-corrected chi connectivity index (χ1v) is 10.3. The van der Waals surface area contributed by atoms with E-state index in [1.807, 2.05) is 55.6 Å². The Kier molecular flexibility index (Phi) is 8.03. The minimum atomic E-state index is -0.587. The van der Waals surface area contributed by atoms with Gasteiger partial charge in [0.15, 0.2) is 0 Å². The lowest BCUT2D eigenvalue weighted by Gasteiger charge is -2.25. The van der Waals surface area contributed by atoms with Crippen LogP contribution in [0, 0.1) is 6.92 Å². The summed E-state index contributed by atoms with van der Waals surface area (Å²) in [5.41, 5.74) is 4.53. The highest BCUT2D eigenvalue weighted by Gasteiger charge is 2.19. The number of hydrogen-bond donors (Lipinski definition) is 1. The van der Waals surface area contributed by atoms with Crippen molar-refractivity contribution in [3.63, 3.8) is 0 Å². The number of nitrogens with zero attached hydrogens (tertiary/aromatic N) is 1. The second kappa shape index (κ2) is 10.9. The third-order valence-electron chi connectivity index (χ3n) is 5.14. The Balaban J connectivity index is 1.61. The fourth-order valence-electron chi connectivity index (χ4n) is 3.64. The van der Waals surface area contributed by atoms with Gasteiger partial charge in [0.2, 0.25) is 0 Å². The molecule has 4 nitrogen and oxygen atoms in total. The van der Waals surface area contributed by atoms with Crippen LogP contribution >= 0.6 is 0 Å². The molecular formula is C26H31NO3. The molecule has 0 spiro atoms. The Morgan fingerprint density at radius 2 is 1.67 bits per heavy atom. The second-order valence-electron chi connectivity index (χ2n) is 7.68. The molecule has 0 aromatic heterocycles. The SMILES string of the molecule is COc1cccc(CN(C)C[C@H](O)CO[C@H](c2ccccc2)c2ccccc2C)c1. The van der Waals surface area contributed by atoms with Crippen LogP contribution in [-0.4, -0.2) is 43.4 Å². The van der Waals surface area contributed by atoms with Crippen LogP contribution in [0.25, 0.3) is 0 Å². The Morgan fingerprint density at radius 1 is 0.933 bits per heavy atom. The molecule has 1 N–H and O–H groups in total. The van der Waals surface area contributed by atoms with Crippen LogP contribution in [0.1, 0.15) is 28.4 Å². The van der Waals surface area contributed by atoms with Crippen molar-refractivity contribution in [3.05, 3.63) is 101 Å². The van der Waals surface area contributed by atoms with Crippen LogP contribution in [0.4, 0.5) is 0 Å². The van der Waals surface area contributed by atoms with Gasteiger partial charge in [0.05, 0.1) is 19.8 Å². The van der Waals surface area contributed by atoms with Crippen molar-refractivity contribution in [3.8, 4) is 5.75 Å². The number of aliphatic hydroxyl groups is 1. The zero-order chi connectivity index (χ0) is 21.3. The molecular weight excluding hydrogens is 374 g/mol. The highest BCUT2D eigenvalue weighted by atomic mass is 16.5. The van der Waals surface area contributed by atoms with Gasteiger partial charge in [-0.15, -0.1) is 0 Å². The first-order chi connectivity index (χ1) is 14.6. The smallest absolute Gasteiger partial charge is 0.119 e. The first-order valence-electron chi connectivity index (χ1n) is 10.3. The van der Waals surface area contributed by atoms with E-state index in [4.69, 9.17) is 9.47 Å². The maximum atomic E-state index is 10.6. The molecule has 0 amide bonds. The van der Waals surface area contributed by atoms with Gasteiger partial charge in [-0.05, 0) is 48.4 Å². The van der Waals surface area contributed by atoms with Crippen LogP contribution in [0.5, 0.6) is 5.75 Å². The summed E-state index contributed by atoms with van der Waals surface area (Å²) in [6, 6.07) is 26.4. The number of aliphatic hydroxyl groups excluding tert-OH is 1. The van der Waals surface area contributed by atoms with E-state index in [0.717, 1.165) is 29.0 Å². The zero-order valence-corrected chi connectivity index (χ0v) is 18.0. The molecule has 0 heterocycles. The van der Waals surface area contributed by atoms with Crippen molar-refractivity contribution < 1.29 is 14.6 Å². The molecule has 0 aliphatic heterocycles. The molecule has 4 heteroatoms. The molecule has 0 aliphatic carbocycles. The summed E-state index contributed by atoms with van der Waals surface area (Å²) in [4.78, 5) is 2.09. The average Bonchev–Trinajstić information content (AvgIpc) is 2.76. The molecule has 0 aliphatic rings. The van der Waals surface area contributed by atoms with E-state index in [1.54, 1.807) is 7.11 Å². The molecule has 158 valence electrons. The third-order valence-corrected chi connectivity index (χ3v) is 5.14. The van der Waals surface area contributed by atoms with Gasteiger partial charge < -0.3 is 14.6 Å². The van der Waals surface area contributed by atoms with Gasteiger partial charge in [-0.2, -0.15) is 0 Å². The Bertz CT molecular complexity index is 913. The van der Waals surface area contributed by atoms with Crippen LogP contribution < -0.4 is 4.74 Å². The molecule has 0 unspecified atom stereocenters. The Hall–Kier alpha value is -2.66. The highest BCUT2D eigenvalue weighted by Crippen LogP contribution is 2.28. The predicted octanol–water partition coefficient (Wildman–Crippen LogP) is 4.60. The summed E-state index contributed by atoms with van der Waals surface area (Å²) >= 11 is 0. The minimum Gasteiger partial charge on any atom is -0.497 e. The van der Waals surface area contributed by atoms with Gasteiger partial charge in [-0.3, -0.25) is 4.90 Å². The number of aryl methyl sites for hydroxylation is 1. The molecule has 0 radical (unpaired) electrons. The Morgan fingerprint density at radius 3 is 2.40 bits per heavy atom. The lowest BCUT2D eigenvalue weighted by molar-refractivity contribution is -0.00644. The molecule has 2 atom stereocenters. The summed E-state index contributed by atoms with van der Waals surface area (Å²) in [5, 5.41) is 10.6. The fraction of sp³-hybridized carbons (Fsp3) is 0.308. The summed E-state index contributed by atoms with van der Waals surface area (Å²) in [6.45, 7) is 3.60. The monoisotopic (exact) mass is 405 g/mol. The Labute approximate surface area is 179 Å². The van der Waals surface area contributed by atoms with E-state index >= 15 is 0 Å². The van der Waals surface area contributed by atoms with Crippen LogP contribution in [0.15, 0.2) is 78.9 Å². The number of likely N-dealkylation sites (N-methyl/N-ethyl adjacent to an activating group) is 1. The average molecular weight is 406 g/mol. The largest absolute Gasteiger partial charge is 0.497 e. The molecule has 0 bridgehead atoms. The van der Waals surface area contributed by atoms with E-state index in [9.17, 15) is 5.11 Å². The summed E-state index contributed by atoms with van der Waals surface area (Å²) in [7, 11) is 3.67. The normalized spacial score (nSPS) is 13.2. The molecule has 3 aromatic rings. The first kappa shape index (κ1) is 22.0. The van der Waals surface area contributed by atoms with Gasteiger partial charge in [0.25, 0.3) is 0 Å². The van der Waals surface area contributed by atoms with Crippen molar-refractivity contribution in [1.29, 1.82) is 0 Å². The summed E-state index contributed by atoms with van der Waals surface area (Å²) in [5.74, 6) is 0.841. The van der Waals surface area contributed by atoms with Gasteiger partial charge in [0.1, 0.15) is 11.9 Å². The van der Waals surface area contributed by atoms with E-state index in [-0.39, 0.29) is 12.7 Å². The molecule has 0 saturated carbocycles. The zero-order valence-electron chi connectivity index (χ0n) is 18.0. The minimum absolute atomic E-state index is 0.203. The van der Waals surface area contributed by atoms with E-state index < -0.39 is 6.10 Å². The maximum Gasteiger partial charge on any atom is 0.119 e. The molecule has 0 fully saturated rings. The summed E-state index contributed by atoms with van der Waals surface area (Å²) in [6.07, 6.45) is -0.790. The standard InChI is InChI=1S/C26H31NO3/c1-20-10-7-8-15-25(20)26(22-12-5-4-6-13-22)30-19-23(28)18-27(2)17-21-11-9-14-24(16-21)29-3/h4-16,23,26,28H,17-19H2,1-3H3/t23-,26+/m0/s1. The topological polar surface area (TPSA) is 41.9 Å². The van der Waals surface area contributed by atoms with E-state index in [1.165, 1.54) is 5.56 Å². The van der Waals surface area contributed by atoms with E-state index in [0.29, 0.717) is 6.54 Å². The quantitative estimate of drug-likeness (QED) is 0.535. The maximum absolute atomic E-state index is 10.6. The van der Waals surface area contributed by atoms with Crippen molar-refractivity contribution in [2.75, 3.05) is 27.3 Å². The number of hydrogen-bond acceptors (Lipinski definition) is 4.